The quantitative estimate of drug-likeness (QED) is 0.686. The lowest BCUT2D eigenvalue weighted by molar-refractivity contribution is 0.451. The molecule has 104 valence electrons. The highest BCUT2D eigenvalue weighted by molar-refractivity contribution is 5.25. The Morgan fingerprint density at radius 2 is 2.00 bits per heavy atom. The summed E-state index contributed by atoms with van der Waals surface area (Å²) >= 11 is 0. The molecule has 0 fully saturated rings. The number of aromatic nitrogens is 2. The second kappa shape index (κ2) is 8.08. The Morgan fingerprint density at radius 3 is 2.61 bits per heavy atom. The van der Waals surface area contributed by atoms with Crippen LogP contribution in [-0.4, -0.2) is 29.3 Å². The molecule has 5 nitrogen and oxygen atoms in total. The maximum absolute atomic E-state index is 5.68. The highest BCUT2D eigenvalue weighted by atomic mass is 16.4. The lowest BCUT2D eigenvalue weighted by Gasteiger charge is -2.24. The fourth-order valence-electron chi connectivity index (χ4n) is 1.77. The van der Waals surface area contributed by atoms with Crippen LogP contribution in [0.4, 0.5) is 6.01 Å². The van der Waals surface area contributed by atoms with E-state index >= 15 is 0 Å². The van der Waals surface area contributed by atoms with E-state index in [0.29, 0.717) is 24.5 Å². The second-order valence-electron chi connectivity index (χ2n) is 4.75. The van der Waals surface area contributed by atoms with Crippen molar-refractivity contribution in [3.63, 3.8) is 0 Å². The van der Waals surface area contributed by atoms with E-state index in [2.05, 4.69) is 48.1 Å². The molecule has 0 saturated heterocycles. The normalized spacial score (nSPS) is 11.2. The SMILES string of the molecule is CCCCCN(c1nnc(CNCC)o1)C(C)C. The van der Waals surface area contributed by atoms with Gasteiger partial charge in [-0.25, -0.2) is 0 Å². The van der Waals surface area contributed by atoms with Crippen molar-refractivity contribution in [3.8, 4) is 0 Å². The Morgan fingerprint density at radius 1 is 1.22 bits per heavy atom. The van der Waals surface area contributed by atoms with Crippen molar-refractivity contribution in [2.24, 2.45) is 0 Å². The Labute approximate surface area is 110 Å². The molecule has 0 radical (unpaired) electrons. The van der Waals surface area contributed by atoms with Gasteiger partial charge in [0, 0.05) is 12.6 Å². The maximum Gasteiger partial charge on any atom is 0.318 e. The average molecular weight is 254 g/mol. The molecule has 0 aromatic carbocycles. The van der Waals surface area contributed by atoms with Crippen molar-refractivity contribution >= 4 is 6.01 Å². The first kappa shape index (κ1) is 15.0. The lowest BCUT2D eigenvalue weighted by Crippen LogP contribution is -2.32. The van der Waals surface area contributed by atoms with Crippen LogP contribution in [-0.2, 0) is 6.54 Å². The van der Waals surface area contributed by atoms with Gasteiger partial charge in [0.15, 0.2) is 0 Å². The van der Waals surface area contributed by atoms with Gasteiger partial charge in [-0.15, -0.1) is 5.10 Å². The minimum Gasteiger partial charge on any atom is -0.407 e. The molecule has 1 heterocycles. The van der Waals surface area contributed by atoms with E-state index in [4.69, 9.17) is 4.42 Å². The number of hydrogen-bond donors (Lipinski definition) is 1. The maximum atomic E-state index is 5.68. The molecule has 0 aliphatic heterocycles. The molecule has 1 rings (SSSR count). The zero-order chi connectivity index (χ0) is 13.4. The summed E-state index contributed by atoms with van der Waals surface area (Å²) in [5, 5.41) is 11.4. The Hall–Kier alpha value is -1.10. The van der Waals surface area contributed by atoms with E-state index in [0.717, 1.165) is 13.1 Å². The minimum absolute atomic E-state index is 0.384. The number of nitrogens with one attached hydrogen (secondary N) is 1. The standard InChI is InChI=1S/C13H26N4O/c1-5-7-8-9-17(11(3)4)13-16-15-12(18-13)10-14-6-2/h11,14H,5-10H2,1-4H3. The molecule has 1 aromatic rings. The summed E-state index contributed by atoms with van der Waals surface area (Å²) in [4.78, 5) is 2.18. The summed E-state index contributed by atoms with van der Waals surface area (Å²) in [5.41, 5.74) is 0. The molecule has 0 unspecified atom stereocenters. The summed E-state index contributed by atoms with van der Waals surface area (Å²) in [6, 6.07) is 1.03. The molecular weight excluding hydrogens is 228 g/mol. The zero-order valence-electron chi connectivity index (χ0n) is 12.1. The highest BCUT2D eigenvalue weighted by Gasteiger charge is 2.16. The van der Waals surface area contributed by atoms with Crippen LogP contribution in [0.2, 0.25) is 0 Å². The predicted octanol–water partition coefficient (Wildman–Crippen LogP) is 2.58. The van der Waals surface area contributed by atoms with Crippen LogP contribution >= 0.6 is 0 Å². The molecule has 0 saturated carbocycles. The molecular formula is C13H26N4O. The average Bonchev–Trinajstić information content (AvgIpc) is 2.80. The van der Waals surface area contributed by atoms with Crippen molar-refractivity contribution in [3.05, 3.63) is 5.89 Å². The third-order valence-corrected chi connectivity index (χ3v) is 2.85. The van der Waals surface area contributed by atoms with Crippen molar-refractivity contribution in [2.45, 2.75) is 59.5 Å². The molecule has 5 heteroatoms. The molecule has 1 aromatic heterocycles. The fourth-order valence-corrected chi connectivity index (χ4v) is 1.77. The van der Waals surface area contributed by atoms with Crippen molar-refractivity contribution in [2.75, 3.05) is 18.0 Å². The van der Waals surface area contributed by atoms with E-state index in [1.54, 1.807) is 0 Å². The first-order chi connectivity index (χ1) is 8.69. The molecule has 1 N–H and O–H groups in total. The van der Waals surface area contributed by atoms with Gasteiger partial charge in [0.2, 0.25) is 5.89 Å². The molecule has 0 aliphatic rings. The van der Waals surface area contributed by atoms with E-state index < -0.39 is 0 Å². The summed E-state index contributed by atoms with van der Waals surface area (Å²) in [7, 11) is 0. The number of rotatable bonds is 9. The number of hydrogen-bond acceptors (Lipinski definition) is 5. The van der Waals surface area contributed by atoms with Gasteiger partial charge < -0.3 is 14.6 Å². The largest absolute Gasteiger partial charge is 0.407 e. The van der Waals surface area contributed by atoms with Crippen molar-refractivity contribution in [1.29, 1.82) is 0 Å². The van der Waals surface area contributed by atoms with Gasteiger partial charge in [-0.1, -0.05) is 31.8 Å². The smallest absolute Gasteiger partial charge is 0.318 e. The number of anilines is 1. The van der Waals surface area contributed by atoms with Crippen LogP contribution in [0.15, 0.2) is 4.42 Å². The minimum atomic E-state index is 0.384. The van der Waals surface area contributed by atoms with E-state index in [1.807, 2.05) is 0 Å². The topological polar surface area (TPSA) is 54.2 Å². The number of nitrogens with zero attached hydrogens (tertiary/aromatic N) is 3. The van der Waals surface area contributed by atoms with Gasteiger partial charge in [-0.3, -0.25) is 0 Å². The van der Waals surface area contributed by atoms with Crippen molar-refractivity contribution < 1.29 is 4.42 Å². The summed E-state index contributed by atoms with van der Waals surface area (Å²) in [6.07, 6.45) is 3.63. The molecule has 18 heavy (non-hydrogen) atoms. The third-order valence-electron chi connectivity index (χ3n) is 2.85. The van der Waals surface area contributed by atoms with E-state index in [-0.39, 0.29) is 0 Å². The van der Waals surface area contributed by atoms with Crippen LogP contribution in [0.3, 0.4) is 0 Å². The van der Waals surface area contributed by atoms with Crippen LogP contribution in [0.5, 0.6) is 0 Å². The summed E-state index contributed by atoms with van der Waals surface area (Å²) in [6.45, 7) is 11.1. The Kier molecular flexibility index (Phi) is 6.72. The fraction of sp³-hybridized carbons (Fsp3) is 0.846. The second-order valence-corrected chi connectivity index (χ2v) is 4.75. The number of unbranched alkanes of at least 4 members (excludes halogenated alkanes) is 2. The first-order valence-corrected chi connectivity index (χ1v) is 6.98. The third kappa shape index (κ3) is 4.64. The first-order valence-electron chi connectivity index (χ1n) is 6.98. The van der Waals surface area contributed by atoms with Crippen molar-refractivity contribution in [1.82, 2.24) is 15.5 Å². The van der Waals surface area contributed by atoms with Gasteiger partial charge in [-0.2, -0.15) is 0 Å². The highest BCUT2D eigenvalue weighted by Crippen LogP contribution is 2.16. The van der Waals surface area contributed by atoms with Gasteiger partial charge in [0.25, 0.3) is 0 Å². The van der Waals surface area contributed by atoms with Gasteiger partial charge in [0.1, 0.15) is 0 Å². The monoisotopic (exact) mass is 254 g/mol. The summed E-state index contributed by atoms with van der Waals surface area (Å²) in [5.74, 6) is 0.660. The van der Waals surface area contributed by atoms with Crippen LogP contribution < -0.4 is 10.2 Å². The van der Waals surface area contributed by atoms with Crippen LogP contribution in [0.1, 0.15) is 52.8 Å². The molecule has 0 bridgehead atoms. The van der Waals surface area contributed by atoms with Gasteiger partial charge >= 0.3 is 6.01 Å². The lowest BCUT2D eigenvalue weighted by atomic mass is 10.2. The van der Waals surface area contributed by atoms with Gasteiger partial charge in [0.05, 0.1) is 6.54 Å². The molecule has 0 amide bonds. The predicted molar refractivity (Wildman–Crippen MR) is 73.7 cm³/mol. The van der Waals surface area contributed by atoms with E-state index in [9.17, 15) is 0 Å². The Balaban J connectivity index is 2.58. The molecule has 0 aliphatic carbocycles. The summed E-state index contributed by atoms with van der Waals surface area (Å²) < 4.78 is 5.68. The zero-order valence-corrected chi connectivity index (χ0v) is 12.1. The van der Waals surface area contributed by atoms with E-state index in [1.165, 1.54) is 19.3 Å². The van der Waals surface area contributed by atoms with Crippen LogP contribution in [0.25, 0.3) is 0 Å². The van der Waals surface area contributed by atoms with Gasteiger partial charge in [-0.05, 0) is 26.8 Å². The molecule has 0 atom stereocenters. The molecule has 0 spiro atoms. The van der Waals surface area contributed by atoms with Crippen LogP contribution in [0, 0.1) is 0 Å². The Bertz CT molecular complexity index is 325.